The van der Waals surface area contributed by atoms with E-state index in [1.54, 1.807) is 24.3 Å². The van der Waals surface area contributed by atoms with E-state index in [9.17, 15) is 13.2 Å². The normalized spacial score (nSPS) is 12.3. The first-order valence-corrected chi connectivity index (χ1v) is 10.0. The van der Waals surface area contributed by atoms with Gasteiger partial charge < -0.3 is 10.1 Å². The number of hydrogen-bond donors (Lipinski definition) is 1. The van der Waals surface area contributed by atoms with E-state index in [0.717, 1.165) is 11.8 Å². The summed E-state index contributed by atoms with van der Waals surface area (Å²) >= 11 is 0. The molecule has 26 heavy (non-hydrogen) atoms. The van der Waals surface area contributed by atoms with Gasteiger partial charge in [-0.2, -0.15) is 0 Å². The molecule has 0 bridgehead atoms. The Morgan fingerprint density at radius 3 is 2.23 bits per heavy atom. The van der Waals surface area contributed by atoms with Crippen LogP contribution in [-0.2, 0) is 14.8 Å². The van der Waals surface area contributed by atoms with Crippen LogP contribution < -0.4 is 14.4 Å². The highest BCUT2D eigenvalue weighted by atomic mass is 32.2. The van der Waals surface area contributed by atoms with Gasteiger partial charge in [-0.1, -0.05) is 29.8 Å². The monoisotopic (exact) mass is 376 g/mol. The van der Waals surface area contributed by atoms with E-state index in [1.807, 2.05) is 38.1 Å². The first kappa shape index (κ1) is 19.8. The second kappa shape index (κ2) is 8.23. The van der Waals surface area contributed by atoms with Crippen molar-refractivity contribution in [3.8, 4) is 5.75 Å². The third-order valence-corrected chi connectivity index (χ3v) is 5.23. The van der Waals surface area contributed by atoms with Crippen LogP contribution in [0, 0.1) is 6.92 Å². The molecule has 1 atom stereocenters. The van der Waals surface area contributed by atoms with E-state index < -0.39 is 10.0 Å². The number of sulfonamides is 1. The Hall–Kier alpha value is -2.54. The molecule has 0 saturated carbocycles. The molecule has 1 N–H and O–H groups in total. The maximum Gasteiger partial charge on any atom is 0.258 e. The Labute approximate surface area is 154 Å². The summed E-state index contributed by atoms with van der Waals surface area (Å²) in [5.41, 5.74) is 2.72. The fourth-order valence-electron chi connectivity index (χ4n) is 2.31. The molecule has 6 nitrogen and oxygen atoms in total. The topological polar surface area (TPSA) is 75.7 Å². The summed E-state index contributed by atoms with van der Waals surface area (Å²) in [6.07, 6.45) is 1.14. The van der Waals surface area contributed by atoms with Crippen LogP contribution in [0.2, 0.25) is 0 Å². The highest BCUT2D eigenvalue weighted by Crippen LogP contribution is 2.20. The zero-order chi connectivity index (χ0) is 19.3. The SMILES string of the molecule is Cc1ccc([C@@H](C)NC(=O)COc2ccc(N(C)S(C)(=O)=O)cc2)cc1. The van der Waals surface area contributed by atoms with Crippen molar-refractivity contribution in [2.24, 2.45) is 0 Å². The Bertz CT molecular complexity index is 846. The van der Waals surface area contributed by atoms with Gasteiger partial charge in [0.05, 0.1) is 18.0 Å². The molecule has 0 aliphatic carbocycles. The van der Waals surface area contributed by atoms with E-state index >= 15 is 0 Å². The van der Waals surface area contributed by atoms with Crippen molar-refractivity contribution in [1.29, 1.82) is 0 Å². The summed E-state index contributed by atoms with van der Waals surface area (Å²) in [7, 11) is -1.83. The van der Waals surface area contributed by atoms with Gasteiger partial charge in [-0.15, -0.1) is 0 Å². The van der Waals surface area contributed by atoms with Crippen LogP contribution in [-0.4, -0.2) is 34.2 Å². The fourth-order valence-corrected chi connectivity index (χ4v) is 2.82. The third kappa shape index (κ3) is 5.49. The number of aryl methyl sites for hydroxylation is 1. The van der Waals surface area contributed by atoms with Gasteiger partial charge in [-0.3, -0.25) is 9.10 Å². The largest absolute Gasteiger partial charge is 0.484 e. The summed E-state index contributed by atoms with van der Waals surface area (Å²) < 4.78 is 29.7. The van der Waals surface area contributed by atoms with Gasteiger partial charge in [-0.25, -0.2) is 8.42 Å². The quantitative estimate of drug-likeness (QED) is 0.806. The minimum absolute atomic E-state index is 0.113. The van der Waals surface area contributed by atoms with E-state index in [0.29, 0.717) is 11.4 Å². The summed E-state index contributed by atoms with van der Waals surface area (Å²) in [4.78, 5) is 12.1. The Kier molecular flexibility index (Phi) is 6.26. The fraction of sp³-hybridized carbons (Fsp3) is 0.316. The van der Waals surface area contributed by atoms with Gasteiger partial charge in [0.1, 0.15) is 5.75 Å². The highest BCUT2D eigenvalue weighted by molar-refractivity contribution is 7.92. The van der Waals surface area contributed by atoms with Crippen molar-refractivity contribution in [2.75, 3.05) is 24.2 Å². The summed E-state index contributed by atoms with van der Waals surface area (Å²) in [5, 5.41) is 2.88. The van der Waals surface area contributed by atoms with E-state index in [-0.39, 0.29) is 18.6 Å². The second-order valence-electron chi connectivity index (χ2n) is 6.21. The molecule has 0 unspecified atom stereocenters. The number of ether oxygens (including phenoxy) is 1. The van der Waals surface area contributed by atoms with Gasteiger partial charge in [0.15, 0.2) is 6.61 Å². The lowest BCUT2D eigenvalue weighted by Crippen LogP contribution is -2.31. The molecular weight excluding hydrogens is 352 g/mol. The summed E-state index contributed by atoms with van der Waals surface area (Å²) in [6, 6.07) is 14.4. The van der Waals surface area contributed by atoms with Crippen molar-refractivity contribution in [2.45, 2.75) is 19.9 Å². The molecule has 0 fully saturated rings. The molecule has 2 aromatic carbocycles. The molecular formula is C19H24N2O4S. The molecule has 2 aromatic rings. The first-order valence-electron chi connectivity index (χ1n) is 8.19. The molecule has 0 radical (unpaired) electrons. The molecule has 140 valence electrons. The smallest absolute Gasteiger partial charge is 0.258 e. The maximum absolute atomic E-state index is 12.1. The molecule has 0 aromatic heterocycles. The lowest BCUT2D eigenvalue weighted by atomic mass is 10.1. The molecule has 0 aliphatic heterocycles. The molecule has 0 aliphatic rings. The van der Waals surface area contributed by atoms with Crippen molar-refractivity contribution in [3.05, 3.63) is 59.7 Å². The van der Waals surface area contributed by atoms with E-state index in [1.165, 1.54) is 16.9 Å². The molecule has 7 heteroatoms. The lowest BCUT2D eigenvalue weighted by molar-refractivity contribution is -0.123. The molecule has 1 amide bonds. The second-order valence-corrected chi connectivity index (χ2v) is 8.23. The van der Waals surface area contributed by atoms with E-state index in [4.69, 9.17) is 4.74 Å². The predicted octanol–water partition coefficient (Wildman–Crippen LogP) is 2.65. The zero-order valence-electron chi connectivity index (χ0n) is 15.4. The van der Waals surface area contributed by atoms with Crippen LogP contribution in [0.5, 0.6) is 5.75 Å². The number of benzene rings is 2. The van der Waals surface area contributed by atoms with Gasteiger partial charge in [-0.05, 0) is 43.7 Å². The third-order valence-electron chi connectivity index (χ3n) is 4.02. The van der Waals surface area contributed by atoms with Gasteiger partial charge >= 0.3 is 0 Å². The number of carbonyl (C=O) groups excluding carboxylic acids is 1. The molecule has 2 rings (SSSR count). The van der Waals surface area contributed by atoms with Crippen LogP contribution in [0.4, 0.5) is 5.69 Å². The minimum Gasteiger partial charge on any atom is -0.484 e. The number of hydrogen-bond acceptors (Lipinski definition) is 4. The number of nitrogens with one attached hydrogen (secondary N) is 1. The van der Waals surface area contributed by atoms with Crippen LogP contribution in [0.1, 0.15) is 24.1 Å². The minimum atomic E-state index is -3.31. The average molecular weight is 376 g/mol. The average Bonchev–Trinajstić information content (AvgIpc) is 2.59. The number of amides is 1. The molecule has 0 heterocycles. The highest BCUT2D eigenvalue weighted by Gasteiger charge is 2.12. The van der Waals surface area contributed by atoms with Crippen molar-refractivity contribution in [1.82, 2.24) is 5.32 Å². The summed E-state index contributed by atoms with van der Waals surface area (Å²) in [5.74, 6) is 0.268. The number of nitrogens with zero attached hydrogens (tertiary/aromatic N) is 1. The Balaban J connectivity index is 1.88. The summed E-state index contributed by atoms with van der Waals surface area (Å²) in [6.45, 7) is 3.82. The van der Waals surface area contributed by atoms with E-state index in [2.05, 4.69) is 5.32 Å². The number of carbonyl (C=O) groups is 1. The van der Waals surface area contributed by atoms with Crippen molar-refractivity contribution >= 4 is 21.6 Å². The molecule has 0 spiro atoms. The van der Waals surface area contributed by atoms with Gasteiger partial charge in [0.25, 0.3) is 5.91 Å². The standard InChI is InChI=1S/C19H24N2O4S/c1-14-5-7-16(8-6-14)15(2)20-19(22)13-25-18-11-9-17(10-12-18)21(3)26(4,23)24/h5-12,15H,13H2,1-4H3,(H,20,22)/t15-/m1/s1. The predicted molar refractivity (Wildman–Crippen MR) is 103 cm³/mol. The van der Waals surface area contributed by atoms with Gasteiger partial charge in [0, 0.05) is 7.05 Å². The number of rotatable bonds is 7. The zero-order valence-corrected chi connectivity index (χ0v) is 16.2. The Morgan fingerprint density at radius 2 is 1.69 bits per heavy atom. The van der Waals surface area contributed by atoms with Crippen LogP contribution >= 0.6 is 0 Å². The van der Waals surface area contributed by atoms with Crippen LogP contribution in [0.25, 0.3) is 0 Å². The van der Waals surface area contributed by atoms with Crippen LogP contribution in [0.3, 0.4) is 0 Å². The van der Waals surface area contributed by atoms with Crippen LogP contribution in [0.15, 0.2) is 48.5 Å². The first-order chi connectivity index (χ1) is 12.2. The molecule has 0 saturated heterocycles. The number of anilines is 1. The van der Waals surface area contributed by atoms with Crippen molar-refractivity contribution < 1.29 is 17.9 Å². The van der Waals surface area contributed by atoms with Gasteiger partial charge in [0.2, 0.25) is 10.0 Å². The van der Waals surface area contributed by atoms with Crippen molar-refractivity contribution in [3.63, 3.8) is 0 Å². The maximum atomic E-state index is 12.1. The Morgan fingerprint density at radius 1 is 1.12 bits per heavy atom. The lowest BCUT2D eigenvalue weighted by Gasteiger charge is -2.17.